The first-order valence-corrected chi connectivity index (χ1v) is 13.7. The van der Waals surface area contributed by atoms with Crippen molar-refractivity contribution < 1.29 is 9.59 Å². The summed E-state index contributed by atoms with van der Waals surface area (Å²) in [5, 5.41) is 10.2. The highest BCUT2D eigenvalue weighted by Crippen LogP contribution is 2.37. The molecule has 5 rings (SSSR count). The third-order valence-electron chi connectivity index (χ3n) is 5.84. The lowest BCUT2D eigenvalue weighted by Crippen LogP contribution is -2.40. The summed E-state index contributed by atoms with van der Waals surface area (Å²) in [6.07, 6.45) is 4.57. The quantitative estimate of drug-likeness (QED) is 0.359. The molecule has 1 saturated carbocycles. The van der Waals surface area contributed by atoms with Crippen molar-refractivity contribution in [3.05, 3.63) is 29.3 Å². The Bertz CT molecular complexity index is 1090. The van der Waals surface area contributed by atoms with Crippen LogP contribution in [0.15, 0.2) is 28.6 Å². The minimum Gasteiger partial charge on any atom is -0.341 e. The van der Waals surface area contributed by atoms with Crippen molar-refractivity contribution in [3.63, 3.8) is 0 Å². The number of thiazole rings is 1. The molecule has 1 aliphatic carbocycles. The predicted molar refractivity (Wildman–Crippen MR) is 130 cm³/mol. The van der Waals surface area contributed by atoms with Crippen LogP contribution >= 0.6 is 34.4 Å². The van der Waals surface area contributed by atoms with Gasteiger partial charge in [0.1, 0.15) is 0 Å². The number of rotatable bonds is 7. The summed E-state index contributed by atoms with van der Waals surface area (Å²) in [4.78, 5) is 33.8. The number of anilines is 1. The van der Waals surface area contributed by atoms with Crippen molar-refractivity contribution in [2.24, 2.45) is 0 Å². The van der Waals surface area contributed by atoms with Gasteiger partial charge in [-0.2, -0.15) is 0 Å². The predicted octanol–water partition coefficient (Wildman–Crippen LogP) is 4.55. The second kappa shape index (κ2) is 9.44. The van der Waals surface area contributed by atoms with Gasteiger partial charge in [0.25, 0.3) is 0 Å². The van der Waals surface area contributed by atoms with Gasteiger partial charge in [0, 0.05) is 31.5 Å². The number of piperidine rings is 1. The maximum atomic E-state index is 12.9. The van der Waals surface area contributed by atoms with Crippen LogP contribution in [0.1, 0.15) is 50.0 Å². The van der Waals surface area contributed by atoms with Crippen molar-refractivity contribution in [1.82, 2.24) is 20.1 Å². The highest BCUT2D eigenvalue weighted by atomic mass is 32.2. The van der Waals surface area contributed by atoms with E-state index in [-0.39, 0.29) is 17.9 Å². The number of likely N-dealkylation sites (tertiary alicyclic amines) is 1. The van der Waals surface area contributed by atoms with Gasteiger partial charge in [-0.25, -0.2) is 4.98 Å². The fourth-order valence-electron chi connectivity index (χ4n) is 4.01. The van der Waals surface area contributed by atoms with Crippen LogP contribution in [0, 0.1) is 0 Å². The molecule has 0 radical (unpaired) electrons. The molecule has 7 nitrogen and oxygen atoms in total. The second-order valence-electron chi connectivity index (χ2n) is 8.19. The fourth-order valence-corrected chi connectivity index (χ4v) is 6.94. The van der Waals surface area contributed by atoms with Gasteiger partial charge < -0.3 is 4.90 Å². The fraction of sp³-hybridized carbons (Fsp3) is 0.500. The zero-order valence-corrected chi connectivity index (χ0v) is 20.3. The zero-order valence-electron chi connectivity index (χ0n) is 17.9. The van der Waals surface area contributed by atoms with Crippen LogP contribution in [-0.4, -0.2) is 56.8 Å². The Hall–Kier alpha value is -2.04. The van der Waals surface area contributed by atoms with Gasteiger partial charge >= 0.3 is 0 Å². The van der Waals surface area contributed by atoms with Crippen LogP contribution in [0.25, 0.3) is 10.2 Å². The first-order valence-electron chi connectivity index (χ1n) is 11.0. The van der Waals surface area contributed by atoms with E-state index in [1.807, 2.05) is 30.0 Å². The zero-order chi connectivity index (χ0) is 22.1. The molecule has 0 bridgehead atoms. The molecule has 3 aromatic rings. The third-order valence-corrected chi connectivity index (χ3v) is 9.08. The Balaban J connectivity index is 1.19. The molecule has 1 aromatic carbocycles. The van der Waals surface area contributed by atoms with E-state index in [1.165, 1.54) is 27.8 Å². The molecule has 0 unspecified atom stereocenters. The van der Waals surface area contributed by atoms with Crippen molar-refractivity contribution in [3.8, 4) is 0 Å². The van der Waals surface area contributed by atoms with Gasteiger partial charge in [-0.3, -0.25) is 14.5 Å². The summed E-state index contributed by atoms with van der Waals surface area (Å²) in [6.45, 7) is 3.39. The van der Waals surface area contributed by atoms with Crippen LogP contribution in [0.5, 0.6) is 0 Å². The van der Waals surface area contributed by atoms with E-state index in [0.717, 1.165) is 53.6 Å². The van der Waals surface area contributed by atoms with E-state index in [2.05, 4.69) is 16.3 Å². The molecule has 2 amide bonds. The normalized spacial score (nSPS) is 18.8. The maximum absolute atomic E-state index is 12.9. The number of thioether (sulfide) groups is 1. The molecule has 32 heavy (non-hydrogen) atoms. The Morgan fingerprint density at radius 2 is 2.03 bits per heavy atom. The second-order valence-corrected chi connectivity index (χ2v) is 11.4. The van der Waals surface area contributed by atoms with Gasteiger partial charge in [0.2, 0.25) is 16.9 Å². The Kier molecular flexibility index (Phi) is 6.43. The van der Waals surface area contributed by atoms with Crippen molar-refractivity contribution in [2.75, 3.05) is 23.7 Å². The molecule has 2 aromatic heterocycles. The van der Waals surface area contributed by atoms with Gasteiger partial charge in [-0.05, 0) is 37.8 Å². The van der Waals surface area contributed by atoms with Crippen molar-refractivity contribution in [1.29, 1.82) is 0 Å². The highest BCUT2D eigenvalue weighted by Gasteiger charge is 2.35. The number of hydrogen-bond acceptors (Lipinski definition) is 8. The standard InChI is InChI=1S/C22H25N5O2S3/c1-2-18(28)27(15-9-10-15)21-24-25-22(32-21)30-13-19(29)26-11-5-6-14(12-26)20-23-16-7-3-4-8-17(16)31-20/h3-4,7-8,14-15H,2,5-6,9-13H2,1H3/t14-/m0/s1. The molecular formula is C22H25N5O2S3. The number of carbonyl (C=O) groups is 2. The van der Waals surface area contributed by atoms with Crippen molar-refractivity contribution >= 4 is 61.6 Å². The third kappa shape index (κ3) is 4.67. The van der Waals surface area contributed by atoms with Crippen LogP contribution in [0.3, 0.4) is 0 Å². The average Bonchev–Trinajstić information content (AvgIpc) is 3.38. The molecule has 1 atom stereocenters. The molecule has 1 saturated heterocycles. The number of aromatic nitrogens is 3. The molecular weight excluding hydrogens is 462 g/mol. The SMILES string of the molecule is CCC(=O)N(c1nnc(SCC(=O)N2CCC[C@H](c3nc4ccccc4s3)C2)s1)C1CC1. The number of benzene rings is 1. The first kappa shape index (κ1) is 21.8. The van der Waals surface area contributed by atoms with E-state index >= 15 is 0 Å². The minimum absolute atomic E-state index is 0.0884. The summed E-state index contributed by atoms with van der Waals surface area (Å²) in [5.41, 5.74) is 1.04. The number of fused-ring (bicyclic) bond motifs is 1. The molecule has 1 aliphatic heterocycles. The van der Waals surface area contributed by atoms with Crippen LogP contribution in [0.2, 0.25) is 0 Å². The molecule has 2 fully saturated rings. The van der Waals surface area contributed by atoms with E-state index in [0.29, 0.717) is 23.2 Å². The smallest absolute Gasteiger partial charge is 0.233 e. The lowest BCUT2D eigenvalue weighted by molar-refractivity contribution is -0.129. The van der Waals surface area contributed by atoms with Crippen LogP contribution < -0.4 is 4.90 Å². The summed E-state index contributed by atoms with van der Waals surface area (Å²) in [7, 11) is 0. The van der Waals surface area contributed by atoms with E-state index < -0.39 is 0 Å². The first-order chi connectivity index (χ1) is 15.6. The van der Waals surface area contributed by atoms with Gasteiger partial charge in [-0.15, -0.1) is 21.5 Å². The Labute approximate surface area is 199 Å². The summed E-state index contributed by atoms with van der Waals surface area (Å²) < 4.78 is 1.94. The minimum atomic E-state index is 0.0884. The summed E-state index contributed by atoms with van der Waals surface area (Å²) in [5.74, 6) is 0.855. The lowest BCUT2D eigenvalue weighted by atomic mass is 9.99. The molecule has 168 valence electrons. The van der Waals surface area contributed by atoms with Gasteiger partial charge in [-0.1, -0.05) is 42.2 Å². The van der Waals surface area contributed by atoms with E-state index in [9.17, 15) is 9.59 Å². The Morgan fingerprint density at radius 1 is 1.19 bits per heavy atom. The van der Waals surface area contributed by atoms with Crippen LogP contribution in [0.4, 0.5) is 5.13 Å². The largest absolute Gasteiger partial charge is 0.341 e. The average molecular weight is 488 g/mol. The van der Waals surface area contributed by atoms with E-state index in [4.69, 9.17) is 4.98 Å². The molecule has 3 heterocycles. The van der Waals surface area contributed by atoms with Gasteiger partial charge in [0.15, 0.2) is 4.34 Å². The molecule has 10 heteroatoms. The molecule has 0 N–H and O–H groups in total. The monoisotopic (exact) mass is 487 g/mol. The Morgan fingerprint density at radius 3 is 2.81 bits per heavy atom. The van der Waals surface area contributed by atoms with E-state index in [1.54, 1.807) is 16.2 Å². The number of para-hydroxylation sites is 1. The maximum Gasteiger partial charge on any atom is 0.233 e. The number of nitrogens with zero attached hydrogens (tertiary/aromatic N) is 5. The number of hydrogen-bond donors (Lipinski definition) is 0. The van der Waals surface area contributed by atoms with Gasteiger partial charge in [0.05, 0.1) is 21.0 Å². The van der Waals surface area contributed by atoms with Crippen LogP contribution in [-0.2, 0) is 9.59 Å². The molecule has 2 aliphatic rings. The summed E-state index contributed by atoms with van der Waals surface area (Å²) in [6, 6.07) is 8.47. The highest BCUT2D eigenvalue weighted by molar-refractivity contribution is 8.01. The summed E-state index contributed by atoms with van der Waals surface area (Å²) >= 11 is 4.57. The molecule has 0 spiro atoms. The number of carbonyl (C=O) groups excluding carboxylic acids is 2. The van der Waals surface area contributed by atoms with Crippen molar-refractivity contribution in [2.45, 2.75) is 55.3 Å². The lowest BCUT2D eigenvalue weighted by Gasteiger charge is -2.31. The number of amides is 2. The topological polar surface area (TPSA) is 79.3 Å².